The van der Waals surface area contributed by atoms with Gasteiger partial charge in [0.2, 0.25) is 5.78 Å². The first-order valence-corrected chi connectivity index (χ1v) is 8.41. The molecule has 0 aromatic heterocycles. The van der Waals surface area contributed by atoms with Gasteiger partial charge in [0, 0.05) is 17.5 Å². The van der Waals surface area contributed by atoms with Crippen molar-refractivity contribution in [2.24, 2.45) is 0 Å². The Hall–Kier alpha value is -3.60. The largest absolute Gasteiger partial charge is 0.507 e. The number of ketones is 2. The first-order chi connectivity index (χ1) is 13.0. The van der Waals surface area contributed by atoms with Gasteiger partial charge in [-0.05, 0) is 29.3 Å². The van der Waals surface area contributed by atoms with E-state index >= 15 is 0 Å². The molecule has 134 valence electrons. The molecule has 0 saturated carbocycles. The van der Waals surface area contributed by atoms with Crippen LogP contribution in [0.1, 0.15) is 43.0 Å². The van der Waals surface area contributed by atoms with Gasteiger partial charge in [-0.3, -0.25) is 9.59 Å². The van der Waals surface area contributed by atoms with E-state index < -0.39 is 11.6 Å². The lowest BCUT2D eigenvalue weighted by atomic mass is 9.81. The molecule has 0 aliphatic heterocycles. The lowest BCUT2D eigenvalue weighted by molar-refractivity contribution is 0.0974. The number of hydrogen-bond acceptors (Lipinski definition) is 5. The molecule has 0 atom stereocenters. The molecule has 0 heterocycles. The molecule has 0 spiro atoms. The third kappa shape index (κ3) is 2.56. The summed E-state index contributed by atoms with van der Waals surface area (Å²) in [5, 5.41) is 20.8. The molecule has 3 aromatic carbocycles. The molecule has 5 nitrogen and oxygen atoms in total. The molecule has 0 amide bonds. The van der Waals surface area contributed by atoms with Crippen molar-refractivity contribution in [2.45, 2.75) is 6.42 Å². The van der Waals surface area contributed by atoms with Crippen LogP contribution in [-0.2, 0) is 6.42 Å². The third-order valence-electron chi connectivity index (χ3n) is 4.82. The average Bonchev–Trinajstić information content (AvgIpc) is 2.67. The molecule has 0 fully saturated rings. The van der Waals surface area contributed by atoms with Crippen molar-refractivity contribution in [3.63, 3.8) is 0 Å². The number of methoxy groups -OCH3 is 1. The SMILES string of the molecule is COc1ccccc1Cc1ccc2c(c1O)C(=O)c1c(O)cccc1C2=O. The Morgan fingerprint density at radius 1 is 0.778 bits per heavy atom. The molecule has 2 N–H and O–H groups in total. The van der Waals surface area contributed by atoms with E-state index in [2.05, 4.69) is 0 Å². The second-order valence-corrected chi connectivity index (χ2v) is 6.34. The third-order valence-corrected chi connectivity index (χ3v) is 4.82. The number of ether oxygens (including phenoxy) is 1. The maximum absolute atomic E-state index is 12.9. The molecule has 0 saturated heterocycles. The van der Waals surface area contributed by atoms with Crippen LogP contribution in [0.25, 0.3) is 0 Å². The number of rotatable bonds is 3. The maximum atomic E-state index is 12.9. The van der Waals surface area contributed by atoms with Crippen LogP contribution in [0, 0.1) is 0 Å². The molecule has 0 bridgehead atoms. The zero-order valence-corrected chi connectivity index (χ0v) is 14.5. The minimum absolute atomic E-state index is 0.0682. The number of hydrogen-bond donors (Lipinski definition) is 2. The Balaban J connectivity index is 1.84. The van der Waals surface area contributed by atoms with Crippen LogP contribution in [0.2, 0.25) is 0 Å². The van der Waals surface area contributed by atoms with Crippen molar-refractivity contribution in [3.8, 4) is 17.2 Å². The van der Waals surface area contributed by atoms with Crippen LogP contribution in [0.5, 0.6) is 17.2 Å². The highest BCUT2D eigenvalue weighted by Gasteiger charge is 2.34. The van der Waals surface area contributed by atoms with Gasteiger partial charge in [0.25, 0.3) is 0 Å². The number of para-hydroxylation sites is 1. The summed E-state index contributed by atoms with van der Waals surface area (Å²) in [4.78, 5) is 25.7. The van der Waals surface area contributed by atoms with Gasteiger partial charge in [0.1, 0.15) is 17.2 Å². The zero-order chi connectivity index (χ0) is 19.1. The Labute approximate surface area is 155 Å². The van der Waals surface area contributed by atoms with Crippen LogP contribution in [0.3, 0.4) is 0 Å². The van der Waals surface area contributed by atoms with Gasteiger partial charge in [0.15, 0.2) is 5.78 Å². The summed E-state index contributed by atoms with van der Waals surface area (Å²) >= 11 is 0. The summed E-state index contributed by atoms with van der Waals surface area (Å²) in [6.45, 7) is 0. The lowest BCUT2D eigenvalue weighted by Gasteiger charge is -2.20. The second kappa shape index (κ2) is 6.29. The summed E-state index contributed by atoms with van der Waals surface area (Å²) < 4.78 is 5.33. The highest BCUT2D eigenvalue weighted by molar-refractivity contribution is 6.30. The highest BCUT2D eigenvalue weighted by Crippen LogP contribution is 2.39. The Morgan fingerprint density at radius 2 is 1.52 bits per heavy atom. The number of aromatic hydroxyl groups is 2. The number of phenolic OH excluding ortho intramolecular Hbond substituents is 2. The summed E-state index contributed by atoms with van der Waals surface area (Å²) in [7, 11) is 1.56. The lowest BCUT2D eigenvalue weighted by Crippen LogP contribution is -2.21. The fourth-order valence-corrected chi connectivity index (χ4v) is 3.49. The van der Waals surface area contributed by atoms with Crippen molar-refractivity contribution in [1.82, 2.24) is 0 Å². The molecule has 5 heteroatoms. The first kappa shape index (κ1) is 16.8. The van der Waals surface area contributed by atoms with Crippen LogP contribution in [0.4, 0.5) is 0 Å². The molecule has 3 aromatic rings. The predicted molar refractivity (Wildman–Crippen MR) is 98.9 cm³/mol. The van der Waals surface area contributed by atoms with Gasteiger partial charge in [-0.2, -0.15) is 0 Å². The van der Waals surface area contributed by atoms with Crippen LogP contribution in [0.15, 0.2) is 54.6 Å². The van der Waals surface area contributed by atoms with E-state index in [1.165, 1.54) is 18.2 Å². The molecule has 27 heavy (non-hydrogen) atoms. The van der Waals surface area contributed by atoms with Crippen molar-refractivity contribution in [3.05, 3.63) is 88.0 Å². The number of benzene rings is 3. The fraction of sp³-hybridized carbons (Fsp3) is 0.0909. The molecular formula is C22H16O5. The molecule has 0 unspecified atom stereocenters. The van der Waals surface area contributed by atoms with E-state index in [4.69, 9.17) is 4.74 Å². The maximum Gasteiger partial charge on any atom is 0.201 e. The van der Waals surface area contributed by atoms with Crippen molar-refractivity contribution in [2.75, 3.05) is 7.11 Å². The minimum atomic E-state index is -0.558. The summed E-state index contributed by atoms with van der Waals surface area (Å²) in [5.41, 5.74) is 1.48. The monoisotopic (exact) mass is 360 g/mol. The van der Waals surface area contributed by atoms with E-state index in [-0.39, 0.29) is 33.8 Å². The zero-order valence-electron chi connectivity index (χ0n) is 14.5. The molecule has 1 aliphatic rings. The molecular weight excluding hydrogens is 344 g/mol. The van der Waals surface area contributed by atoms with Crippen molar-refractivity contribution >= 4 is 11.6 Å². The Morgan fingerprint density at radius 3 is 2.30 bits per heavy atom. The van der Waals surface area contributed by atoms with Gasteiger partial charge in [-0.1, -0.05) is 36.4 Å². The van der Waals surface area contributed by atoms with E-state index in [0.717, 1.165) is 5.56 Å². The van der Waals surface area contributed by atoms with Crippen LogP contribution in [-0.4, -0.2) is 28.9 Å². The topological polar surface area (TPSA) is 83.8 Å². The van der Waals surface area contributed by atoms with Gasteiger partial charge in [-0.15, -0.1) is 0 Å². The first-order valence-electron chi connectivity index (χ1n) is 8.41. The summed E-state index contributed by atoms with van der Waals surface area (Å²) in [6, 6.07) is 14.9. The van der Waals surface area contributed by atoms with E-state index in [1.807, 2.05) is 24.3 Å². The number of carbonyl (C=O) groups is 2. The molecule has 1 aliphatic carbocycles. The van der Waals surface area contributed by atoms with E-state index in [1.54, 1.807) is 19.2 Å². The minimum Gasteiger partial charge on any atom is -0.507 e. The van der Waals surface area contributed by atoms with Gasteiger partial charge in [0.05, 0.1) is 18.2 Å². The molecule has 0 radical (unpaired) electrons. The quantitative estimate of drug-likeness (QED) is 0.584. The average molecular weight is 360 g/mol. The molecule has 4 rings (SSSR count). The van der Waals surface area contributed by atoms with Gasteiger partial charge in [-0.25, -0.2) is 0 Å². The summed E-state index contributed by atoms with van der Waals surface area (Å²) in [6.07, 6.45) is 0.332. The van der Waals surface area contributed by atoms with Crippen LogP contribution < -0.4 is 4.74 Å². The number of phenols is 2. The fourth-order valence-electron chi connectivity index (χ4n) is 3.49. The highest BCUT2D eigenvalue weighted by atomic mass is 16.5. The van der Waals surface area contributed by atoms with E-state index in [0.29, 0.717) is 17.7 Å². The van der Waals surface area contributed by atoms with Gasteiger partial charge >= 0.3 is 0 Å². The number of carbonyl (C=O) groups excluding carboxylic acids is 2. The van der Waals surface area contributed by atoms with E-state index in [9.17, 15) is 19.8 Å². The number of fused-ring (bicyclic) bond motifs is 2. The van der Waals surface area contributed by atoms with Gasteiger partial charge < -0.3 is 14.9 Å². The predicted octanol–water partition coefficient (Wildman–Crippen LogP) is 3.47. The van der Waals surface area contributed by atoms with Crippen LogP contribution >= 0.6 is 0 Å². The van der Waals surface area contributed by atoms with Crippen molar-refractivity contribution < 1.29 is 24.5 Å². The Kier molecular flexibility index (Phi) is 3.92. The smallest absolute Gasteiger partial charge is 0.201 e. The second-order valence-electron chi connectivity index (χ2n) is 6.34. The standard InChI is InChI=1S/C22H16O5/c1-27-17-8-3-2-5-12(17)11-13-9-10-15-19(20(13)24)22(26)18-14(21(15)25)6-4-7-16(18)23/h2-10,23-24H,11H2,1H3. The normalized spacial score (nSPS) is 12.5. The van der Waals surface area contributed by atoms with Crippen molar-refractivity contribution in [1.29, 1.82) is 0 Å². The summed E-state index contributed by atoms with van der Waals surface area (Å²) in [5.74, 6) is -0.802. The Bertz CT molecular complexity index is 1100.